The van der Waals surface area contributed by atoms with E-state index in [0.29, 0.717) is 6.42 Å². The summed E-state index contributed by atoms with van der Waals surface area (Å²) in [6, 6.07) is 0. The second-order valence-electron chi connectivity index (χ2n) is 1.50. The van der Waals surface area contributed by atoms with Crippen LogP contribution in [0.15, 0.2) is 0 Å². The van der Waals surface area contributed by atoms with E-state index in [0.717, 1.165) is 12.8 Å². The number of hydrogen-bond donors (Lipinski definition) is 1. The zero-order valence-corrected chi connectivity index (χ0v) is 6.60. The fourth-order valence-corrected chi connectivity index (χ4v) is 0.328. The van der Waals surface area contributed by atoms with Crippen LogP contribution in [0.25, 0.3) is 0 Å². The zero-order valence-electron chi connectivity index (χ0n) is 4.89. The Morgan fingerprint density at radius 1 is 1.62 bits per heavy atom. The first-order valence-electron chi connectivity index (χ1n) is 2.49. The van der Waals surface area contributed by atoms with Gasteiger partial charge in [-0.05, 0) is 6.42 Å². The number of carboxylic acid groups (broad SMARTS) is 1. The minimum atomic E-state index is -0.693. The minimum Gasteiger partial charge on any atom is -0.481 e. The molecule has 3 heteroatoms. The molecule has 0 fully saturated rings. The Bertz CT molecular complexity index is 63.4. The summed E-state index contributed by atoms with van der Waals surface area (Å²) in [4.78, 5) is 9.76. The van der Waals surface area contributed by atoms with E-state index in [1.807, 2.05) is 6.92 Å². The van der Waals surface area contributed by atoms with E-state index in [1.54, 1.807) is 0 Å². The predicted molar refractivity (Wildman–Crippen MR) is 37.5 cm³/mol. The fourth-order valence-electron chi connectivity index (χ4n) is 0.328. The van der Waals surface area contributed by atoms with Crippen LogP contribution >= 0.6 is 17.0 Å². The Labute approximate surface area is 59.7 Å². The van der Waals surface area contributed by atoms with E-state index < -0.39 is 5.97 Å². The first-order valence-corrected chi connectivity index (χ1v) is 2.49. The molecule has 0 aromatic carbocycles. The molecule has 0 heterocycles. The van der Waals surface area contributed by atoms with Gasteiger partial charge in [0.25, 0.3) is 0 Å². The average Bonchev–Trinajstić information content (AvgIpc) is 1.61. The Morgan fingerprint density at radius 2 is 2.12 bits per heavy atom. The molecule has 0 rings (SSSR count). The van der Waals surface area contributed by atoms with Crippen LogP contribution in [0.5, 0.6) is 0 Å². The summed E-state index contributed by atoms with van der Waals surface area (Å²) in [6.45, 7) is 1.98. The van der Waals surface area contributed by atoms with Gasteiger partial charge in [0, 0.05) is 6.42 Å². The minimum absolute atomic E-state index is 0. The lowest BCUT2D eigenvalue weighted by Crippen LogP contribution is -1.91. The van der Waals surface area contributed by atoms with Gasteiger partial charge in [-0.15, -0.1) is 17.0 Å². The van der Waals surface area contributed by atoms with Gasteiger partial charge < -0.3 is 5.11 Å². The van der Waals surface area contributed by atoms with Crippen molar-refractivity contribution < 1.29 is 9.90 Å². The standard InChI is InChI=1S/C5H10O2.BrH/c1-2-3-4-5(6)7;/h2-4H2,1H3,(H,6,7);1H. The van der Waals surface area contributed by atoms with Crippen LogP contribution in [0.1, 0.15) is 26.2 Å². The maximum absolute atomic E-state index is 9.76. The molecule has 50 valence electrons. The number of carboxylic acids is 1. The summed E-state index contributed by atoms with van der Waals surface area (Å²) >= 11 is 0. The van der Waals surface area contributed by atoms with Crippen molar-refractivity contribution >= 4 is 23.0 Å². The molecule has 1 N–H and O–H groups in total. The van der Waals surface area contributed by atoms with E-state index >= 15 is 0 Å². The van der Waals surface area contributed by atoms with Gasteiger partial charge in [0.2, 0.25) is 0 Å². The molecular formula is C5H11BrO2. The maximum atomic E-state index is 9.76. The summed E-state index contributed by atoms with van der Waals surface area (Å²) in [7, 11) is 0. The quantitative estimate of drug-likeness (QED) is 0.724. The van der Waals surface area contributed by atoms with E-state index in [9.17, 15) is 4.79 Å². The molecule has 2 nitrogen and oxygen atoms in total. The SMILES string of the molecule is Br.CCCCC(=O)O. The zero-order chi connectivity index (χ0) is 5.70. The molecule has 0 unspecified atom stereocenters. The van der Waals surface area contributed by atoms with Crippen molar-refractivity contribution in [2.45, 2.75) is 26.2 Å². The second-order valence-corrected chi connectivity index (χ2v) is 1.50. The van der Waals surface area contributed by atoms with E-state index in [2.05, 4.69) is 0 Å². The van der Waals surface area contributed by atoms with Gasteiger partial charge in [0.1, 0.15) is 0 Å². The predicted octanol–water partition coefficient (Wildman–Crippen LogP) is 1.84. The normalized spacial score (nSPS) is 7.62. The smallest absolute Gasteiger partial charge is 0.303 e. The third-order valence-electron chi connectivity index (χ3n) is 0.744. The number of halogens is 1. The van der Waals surface area contributed by atoms with Crippen LogP contribution in [0.4, 0.5) is 0 Å². The molecule has 0 aliphatic rings. The highest BCUT2D eigenvalue weighted by Crippen LogP contribution is 1.91. The highest BCUT2D eigenvalue weighted by Gasteiger charge is 1.90. The summed E-state index contributed by atoms with van der Waals surface area (Å²) in [5, 5.41) is 8.04. The number of carbonyl (C=O) groups is 1. The molecule has 0 bridgehead atoms. The van der Waals surface area contributed by atoms with Gasteiger partial charge >= 0.3 is 5.97 Å². The third-order valence-corrected chi connectivity index (χ3v) is 0.744. The molecule has 0 saturated heterocycles. The number of rotatable bonds is 3. The molecule has 0 radical (unpaired) electrons. The molecular weight excluding hydrogens is 172 g/mol. The lowest BCUT2D eigenvalue weighted by molar-refractivity contribution is -0.137. The van der Waals surface area contributed by atoms with Crippen molar-refractivity contribution in [3.05, 3.63) is 0 Å². The summed E-state index contributed by atoms with van der Waals surface area (Å²) in [5.74, 6) is -0.693. The van der Waals surface area contributed by atoms with Crippen molar-refractivity contribution in [1.82, 2.24) is 0 Å². The maximum Gasteiger partial charge on any atom is 0.303 e. The summed E-state index contributed by atoms with van der Waals surface area (Å²) < 4.78 is 0. The summed E-state index contributed by atoms with van der Waals surface area (Å²) in [5.41, 5.74) is 0. The van der Waals surface area contributed by atoms with Gasteiger partial charge in [-0.2, -0.15) is 0 Å². The highest BCUT2D eigenvalue weighted by molar-refractivity contribution is 8.93. The van der Waals surface area contributed by atoms with E-state index in [1.165, 1.54) is 0 Å². The summed E-state index contributed by atoms with van der Waals surface area (Å²) in [6.07, 6.45) is 2.08. The number of unbranched alkanes of at least 4 members (excludes halogenated alkanes) is 1. The molecule has 0 atom stereocenters. The van der Waals surface area contributed by atoms with Crippen molar-refractivity contribution in [3.63, 3.8) is 0 Å². The van der Waals surface area contributed by atoms with Gasteiger partial charge in [-0.3, -0.25) is 4.79 Å². The number of aliphatic carboxylic acids is 1. The molecule has 0 aromatic rings. The molecule has 0 aromatic heterocycles. The largest absolute Gasteiger partial charge is 0.481 e. The lowest BCUT2D eigenvalue weighted by atomic mass is 10.3. The molecule has 0 aliphatic heterocycles. The number of hydrogen-bond acceptors (Lipinski definition) is 1. The Kier molecular flexibility index (Phi) is 9.42. The van der Waals surface area contributed by atoms with Crippen LogP contribution in [-0.2, 0) is 4.79 Å². The van der Waals surface area contributed by atoms with Gasteiger partial charge in [0.15, 0.2) is 0 Å². The first-order chi connectivity index (χ1) is 3.27. The molecule has 0 amide bonds. The molecule has 0 spiro atoms. The van der Waals surface area contributed by atoms with Crippen molar-refractivity contribution in [2.75, 3.05) is 0 Å². The molecule has 0 saturated carbocycles. The van der Waals surface area contributed by atoms with Crippen LogP contribution in [0, 0.1) is 0 Å². The average molecular weight is 183 g/mol. The van der Waals surface area contributed by atoms with E-state index in [-0.39, 0.29) is 17.0 Å². The molecule has 0 aliphatic carbocycles. The van der Waals surface area contributed by atoms with Crippen molar-refractivity contribution in [3.8, 4) is 0 Å². The highest BCUT2D eigenvalue weighted by atomic mass is 79.9. The van der Waals surface area contributed by atoms with Crippen LogP contribution < -0.4 is 0 Å². The molecule has 8 heavy (non-hydrogen) atoms. The van der Waals surface area contributed by atoms with Crippen LogP contribution in [-0.4, -0.2) is 11.1 Å². The van der Waals surface area contributed by atoms with Gasteiger partial charge in [-0.25, -0.2) is 0 Å². The monoisotopic (exact) mass is 182 g/mol. The van der Waals surface area contributed by atoms with E-state index in [4.69, 9.17) is 5.11 Å². The second kappa shape index (κ2) is 6.95. The van der Waals surface area contributed by atoms with Gasteiger partial charge in [0.05, 0.1) is 0 Å². The Balaban J connectivity index is 0. The van der Waals surface area contributed by atoms with Crippen LogP contribution in [0.2, 0.25) is 0 Å². The third kappa shape index (κ3) is 9.34. The van der Waals surface area contributed by atoms with Crippen molar-refractivity contribution in [1.29, 1.82) is 0 Å². The fraction of sp³-hybridized carbons (Fsp3) is 0.800. The van der Waals surface area contributed by atoms with Crippen molar-refractivity contribution in [2.24, 2.45) is 0 Å². The Morgan fingerprint density at radius 3 is 2.25 bits per heavy atom. The first kappa shape index (κ1) is 10.8. The Hall–Kier alpha value is -0.0500. The van der Waals surface area contributed by atoms with Gasteiger partial charge in [-0.1, -0.05) is 13.3 Å². The lowest BCUT2D eigenvalue weighted by Gasteiger charge is -1.85. The topological polar surface area (TPSA) is 37.3 Å². The van der Waals surface area contributed by atoms with Crippen LogP contribution in [0.3, 0.4) is 0 Å².